The Morgan fingerprint density at radius 3 is 2.44 bits per heavy atom. The average molecular weight is 473 g/mol. The molecule has 2 aromatic heterocycles. The van der Waals surface area contributed by atoms with Gasteiger partial charge in [0.05, 0.1) is 11.7 Å². The van der Waals surface area contributed by atoms with Gasteiger partial charge in [-0.15, -0.1) is 0 Å². The van der Waals surface area contributed by atoms with E-state index in [4.69, 9.17) is 4.74 Å². The summed E-state index contributed by atoms with van der Waals surface area (Å²) in [7, 11) is 0. The second kappa shape index (κ2) is 10.2. The van der Waals surface area contributed by atoms with E-state index in [1.54, 1.807) is 18.5 Å². The van der Waals surface area contributed by atoms with Gasteiger partial charge in [-0.05, 0) is 52.5 Å². The molecule has 0 unspecified atom stereocenters. The van der Waals surface area contributed by atoms with Gasteiger partial charge >= 0.3 is 5.97 Å². The highest BCUT2D eigenvalue weighted by Crippen LogP contribution is 2.39. The molecule has 5 rings (SSSR count). The van der Waals surface area contributed by atoms with Gasteiger partial charge in [0.2, 0.25) is 0 Å². The third-order valence-electron chi connectivity index (χ3n) is 6.05. The molecule has 0 aliphatic heterocycles. The average Bonchev–Trinajstić information content (AvgIpc) is 3.41. The Morgan fingerprint density at radius 2 is 1.69 bits per heavy atom. The van der Waals surface area contributed by atoms with Crippen molar-refractivity contribution in [3.8, 4) is 16.9 Å². The van der Waals surface area contributed by atoms with E-state index in [-0.39, 0.29) is 0 Å². The second-order valence-corrected chi connectivity index (χ2v) is 8.21. The van der Waals surface area contributed by atoms with Crippen LogP contribution in [-0.2, 0) is 4.79 Å². The minimum absolute atomic E-state index is 0.480. The summed E-state index contributed by atoms with van der Waals surface area (Å²) in [5.74, 6) is -0.0201. The molecule has 0 spiro atoms. The molecule has 6 nitrogen and oxygen atoms in total. The highest BCUT2D eigenvalue weighted by Gasteiger charge is 2.18. The number of allylic oxidation sites excluding steroid dienone is 1. The van der Waals surface area contributed by atoms with E-state index >= 15 is 0 Å². The van der Waals surface area contributed by atoms with E-state index in [1.807, 2.05) is 30.5 Å². The van der Waals surface area contributed by atoms with Gasteiger partial charge in [0.1, 0.15) is 12.1 Å². The molecule has 0 amide bonds. The third-order valence-corrected chi connectivity index (χ3v) is 6.05. The number of ether oxygens (including phenoxy) is 1. The number of para-hydroxylation sites is 1. The maximum Gasteiger partial charge on any atom is 0.335 e. The maximum atomic E-state index is 12.1. The third kappa shape index (κ3) is 4.57. The Kier molecular flexibility index (Phi) is 6.49. The zero-order chi connectivity index (χ0) is 24.9. The monoisotopic (exact) mass is 472 g/mol. The number of carbonyl (C=O) groups is 1. The predicted molar refractivity (Wildman–Crippen MR) is 142 cm³/mol. The second-order valence-electron chi connectivity index (χ2n) is 8.21. The maximum absolute atomic E-state index is 12.1. The molecule has 0 fully saturated rings. The molecule has 1 N–H and O–H groups in total. The Morgan fingerprint density at radius 1 is 0.944 bits per heavy atom. The number of esters is 1. The Balaban J connectivity index is 1.71. The van der Waals surface area contributed by atoms with Gasteiger partial charge < -0.3 is 4.74 Å². The minimum atomic E-state index is -0.500. The number of hydrogen-bond donors (Lipinski definition) is 1. The zero-order valence-corrected chi connectivity index (χ0v) is 19.8. The van der Waals surface area contributed by atoms with E-state index < -0.39 is 5.97 Å². The Labute approximate surface area is 209 Å². The molecule has 6 heteroatoms. The Hall–Kier alpha value is -4.84. The lowest BCUT2D eigenvalue weighted by Gasteiger charge is -2.19. The molecule has 0 atom stereocenters. The summed E-state index contributed by atoms with van der Waals surface area (Å²) in [5, 5.41) is 8.18. The van der Waals surface area contributed by atoms with Gasteiger partial charge in [-0.2, -0.15) is 5.10 Å². The van der Waals surface area contributed by atoms with E-state index in [2.05, 4.69) is 70.1 Å². The number of hydrogen-bond acceptors (Lipinski definition) is 5. The summed E-state index contributed by atoms with van der Waals surface area (Å²) >= 11 is 0. The molecule has 176 valence electrons. The standard InChI is InChI=1S/C30H24N4O2/c1-3-25(21-11-9-20(10-12-21)24-16-31-19-32-17-24)30(22-13-14-27-23(15-22)18-33-34-27)26-7-5-6-8-28(26)36-29(35)4-2/h4-19H,2-3H2,1H3,(H,33,34)/b30-25+. The molecule has 5 aromatic rings. The number of H-pyrrole nitrogens is 1. The molecule has 2 heterocycles. The molecule has 0 aliphatic rings. The van der Waals surface area contributed by atoms with E-state index in [0.29, 0.717) is 5.75 Å². The molecule has 3 aromatic carbocycles. The largest absolute Gasteiger partial charge is 0.423 e. The van der Waals surface area contributed by atoms with Crippen LogP contribution in [0.4, 0.5) is 0 Å². The summed E-state index contributed by atoms with van der Waals surface area (Å²) in [6.07, 6.45) is 8.86. The number of nitrogens with one attached hydrogen (secondary N) is 1. The fourth-order valence-electron chi connectivity index (χ4n) is 4.34. The molecule has 0 saturated carbocycles. The number of carbonyl (C=O) groups excluding carboxylic acids is 1. The van der Waals surface area contributed by atoms with Gasteiger partial charge in [0.25, 0.3) is 0 Å². The Bertz CT molecular complexity index is 1570. The highest BCUT2D eigenvalue weighted by atomic mass is 16.5. The van der Waals surface area contributed by atoms with Crippen molar-refractivity contribution in [2.24, 2.45) is 0 Å². The van der Waals surface area contributed by atoms with Crippen LogP contribution in [0.3, 0.4) is 0 Å². The summed E-state index contributed by atoms with van der Waals surface area (Å²) in [6.45, 7) is 5.67. The van der Waals surface area contributed by atoms with Crippen LogP contribution < -0.4 is 4.74 Å². The van der Waals surface area contributed by atoms with Crippen LogP contribution >= 0.6 is 0 Å². The quantitative estimate of drug-likeness (QED) is 0.127. The summed E-state index contributed by atoms with van der Waals surface area (Å²) in [6, 6.07) is 22.1. The molecule has 0 radical (unpaired) electrons. The summed E-state index contributed by atoms with van der Waals surface area (Å²) in [4.78, 5) is 20.4. The van der Waals surface area contributed by atoms with Crippen molar-refractivity contribution in [1.82, 2.24) is 20.2 Å². The first-order valence-corrected chi connectivity index (χ1v) is 11.6. The molecule has 0 bridgehead atoms. The van der Waals surface area contributed by atoms with Gasteiger partial charge in [0, 0.05) is 35.0 Å². The normalized spacial score (nSPS) is 11.7. The number of fused-ring (bicyclic) bond motifs is 1. The molecule has 36 heavy (non-hydrogen) atoms. The SMILES string of the molecule is C=CC(=O)Oc1ccccc1/C(=C(\CC)c1ccc(-c2cncnc2)cc1)c1ccc2[nH]ncc2c1. The zero-order valence-electron chi connectivity index (χ0n) is 19.8. The van der Waals surface area contributed by atoms with E-state index in [0.717, 1.165) is 56.3 Å². The van der Waals surface area contributed by atoms with Gasteiger partial charge in [-0.25, -0.2) is 14.8 Å². The lowest BCUT2D eigenvalue weighted by atomic mass is 9.87. The van der Waals surface area contributed by atoms with Crippen molar-refractivity contribution in [2.75, 3.05) is 0 Å². The van der Waals surface area contributed by atoms with E-state index in [1.165, 1.54) is 12.4 Å². The van der Waals surface area contributed by atoms with Gasteiger partial charge in [0.15, 0.2) is 0 Å². The lowest BCUT2D eigenvalue weighted by molar-refractivity contribution is -0.128. The first kappa shape index (κ1) is 22.9. The molecule has 0 saturated heterocycles. The van der Waals surface area contributed by atoms with E-state index in [9.17, 15) is 4.79 Å². The van der Waals surface area contributed by atoms with Gasteiger partial charge in [-0.1, -0.05) is 62.0 Å². The van der Waals surface area contributed by atoms with Crippen LogP contribution in [0, 0.1) is 0 Å². The fraction of sp³-hybridized carbons (Fsp3) is 0.0667. The first-order chi connectivity index (χ1) is 17.7. The van der Waals surface area contributed by atoms with Crippen LogP contribution in [-0.4, -0.2) is 26.1 Å². The van der Waals surface area contributed by atoms with Crippen molar-refractivity contribution in [3.63, 3.8) is 0 Å². The number of aromatic amines is 1. The van der Waals surface area contributed by atoms with Crippen LogP contribution in [0.2, 0.25) is 0 Å². The number of rotatable bonds is 7. The smallest absolute Gasteiger partial charge is 0.335 e. The van der Waals surface area contributed by atoms with Crippen LogP contribution in [0.5, 0.6) is 5.75 Å². The van der Waals surface area contributed by atoms with Crippen molar-refractivity contribution in [1.29, 1.82) is 0 Å². The summed E-state index contributed by atoms with van der Waals surface area (Å²) < 4.78 is 5.65. The topological polar surface area (TPSA) is 80.8 Å². The van der Waals surface area contributed by atoms with Crippen molar-refractivity contribution in [2.45, 2.75) is 13.3 Å². The summed E-state index contributed by atoms with van der Waals surface area (Å²) in [5.41, 5.74) is 7.97. The van der Waals surface area contributed by atoms with Crippen molar-refractivity contribution in [3.05, 3.63) is 121 Å². The molecular formula is C30H24N4O2. The lowest BCUT2D eigenvalue weighted by Crippen LogP contribution is -2.06. The number of benzene rings is 3. The van der Waals surface area contributed by atoms with Crippen LogP contribution in [0.15, 0.2) is 104 Å². The van der Waals surface area contributed by atoms with Gasteiger partial charge in [-0.3, -0.25) is 5.10 Å². The number of aromatic nitrogens is 4. The highest BCUT2D eigenvalue weighted by molar-refractivity contribution is 6.02. The molecule has 0 aliphatic carbocycles. The number of nitrogens with zero attached hydrogens (tertiary/aromatic N) is 3. The van der Waals surface area contributed by atoms with Crippen molar-refractivity contribution >= 4 is 28.0 Å². The predicted octanol–water partition coefficient (Wildman–Crippen LogP) is 6.48. The van der Waals surface area contributed by atoms with Crippen molar-refractivity contribution < 1.29 is 9.53 Å². The molecular weight excluding hydrogens is 448 g/mol. The van der Waals surface area contributed by atoms with Crippen LogP contribution in [0.25, 0.3) is 33.2 Å². The fourth-order valence-corrected chi connectivity index (χ4v) is 4.34. The first-order valence-electron chi connectivity index (χ1n) is 11.6. The van der Waals surface area contributed by atoms with Crippen LogP contribution in [0.1, 0.15) is 30.0 Å². The minimum Gasteiger partial charge on any atom is -0.423 e.